The van der Waals surface area contributed by atoms with Crippen molar-refractivity contribution in [2.45, 2.75) is 33.2 Å². The molecule has 2 amide bonds. The highest BCUT2D eigenvalue weighted by Gasteiger charge is 2.48. The molecule has 2 atom stereocenters. The van der Waals surface area contributed by atoms with Gasteiger partial charge in [-0.05, 0) is 51.5 Å². The van der Waals surface area contributed by atoms with E-state index in [2.05, 4.69) is 10.6 Å². The number of anilines is 1. The van der Waals surface area contributed by atoms with Crippen LogP contribution in [0.1, 0.15) is 37.6 Å². The molecule has 0 saturated heterocycles. The van der Waals surface area contributed by atoms with Crippen LogP contribution in [0.15, 0.2) is 24.3 Å². The Bertz CT molecular complexity index is 563. The fourth-order valence-corrected chi connectivity index (χ4v) is 2.19. The number of ketones is 1. The van der Waals surface area contributed by atoms with Gasteiger partial charge < -0.3 is 10.6 Å². The summed E-state index contributed by atoms with van der Waals surface area (Å²) in [7, 11) is 0. The topological polar surface area (TPSA) is 75.3 Å². The monoisotopic (exact) mass is 288 g/mol. The summed E-state index contributed by atoms with van der Waals surface area (Å²) < 4.78 is 0. The molecule has 1 aromatic carbocycles. The van der Waals surface area contributed by atoms with Crippen molar-refractivity contribution in [2.75, 3.05) is 5.32 Å². The Morgan fingerprint density at radius 3 is 2.14 bits per heavy atom. The summed E-state index contributed by atoms with van der Waals surface area (Å²) in [6.45, 7) is 5.29. The van der Waals surface area contributed by atoms with Gasteiger partial charge in [0.2, 0.25) is 11.8 Å². The van der Waals surface area contributed by atoms with Crippen LogP contribution in [0.4, 0.5) is 5.69 Å². The normalized spacial score (nSPS) is 20.0. The molecule has 0 radical (unpaired) electrons. The van der Waals surface area contributed by atoms with E-state index in [1.807, 2.05) is 13.8 Å². The molecule has 0 heterocycles. The molecular weight excluding hydrogens is 268 g/mol. The fraction of sp³-hybridized carbons (Fsp3) is 0.438. The molecule has 1 saturated carbocycles. The van der Waals surface area contributed by atoms with Gasteiger partial charge in [0.15, 0.2) is 5.78 Å². The van der Waals surface area contributed by atoms with Gasteiger partial charge in [0.25, 0.3) is 0 Å². The molecule has 0 aliphatic heterocycles. The maximum absolute atomic E-state index is 12.0. The molecule has 1 aromatic rings. The zero-order valence-corrected chi connectivity index (χ0v) is 12.5. The molecule has 1 fully saturated rings. The van der Waals surface area contributed by atoms with Crippen molar-refractivity contribution < 1.29 is 14.4 Å². The summed E-state index contributed by atoms with van der Waals surface area (Å²) in [4.78, 5) is 35.0. The van der Waals surface area contributed by atoms with Crippen LogP contribution >= 0.6 is 0 Å². The maximum Gasteiger partial charge on any atom is 0.228 e. The minimum atomic E-state index is -0.253. The minimum absolute atomic E-state index is 0.0134. The molecule has 1 aliphatic carbocycles. The highest BCUT2D eigenvalue weighted by molar-refractivity contribution is 6.00. The lowest BCUT2D eigenvalue weighted by atomic mass is 10.1. The van der Waals surface area contributed by atoms with E-state index in [4.69, 9.17) is 0 Å². The average Bonchev–Trinajstić information content (AvgIpc) is 3.18. The molecule has 2 unspecified atom stereocenters. The Balaban J connectivity index is 1.88. The number of rotatable bonds is 5. The van der Waals surface area contributed by atoms with Crippen molar-refractivity contribution in [1.82, 2.24) is 5.32 Å². The zero-order valence-electron chi connectivity index (χ0n) is 12.5. The van der Waals surface area contributed by atoms with E-state index in [0.717, 1.165) is 0 Å². The van der Waals surface area contributed by atoms with Gasteiger partial charge in [0.05, 0.1) is 11.8 Å². The average molecular weight is 288 g/mol. The highest BCUT2D eigenvalue weighted by atomic mass is 16.2. The zero-order chi connectivity index (χ0) is 15.6. The van der Waals surface area contributed by atoms with E-state index < -0.39 is 0 Å². The predicted octanol–water partition coefficient (Wildman–Crippen LogP) is 1.99. The number of nitrogens with one attached hydrogen (secondary N) is 2. The third-order valence-electron chi connectivity index (χ3n) is 3.45. The molecule has 0 aromatic heterocycles. The van der Waals surface area contributed by atoms with Crippen molar-refractivity contribution in [3.05, 3.63) is 29.8 Å². The number of hydrogen-bond acceptors (Lipinski definition) is 3. The van der Waals surface area contributed by atoms with E-state index >= 15 is 0 Å². The minimum Gasteiger partial charge on any atom is -0.354 e. The highest BCUT2D eigenvalue weighted by Crippen LogP contribution is 2.39. The van der Waals surface area contributed by atoms with Crippen molar-refractivity contribution in [3.63, 3.8) is 0 Å². The first kappa shape index (κ1) is 15.2. The van der Waals surface area contributed by atoms with E-state index in [0.29, 0.717) is 17.7 Å². The Morgan fingerprint density at radius 2 is 1.62 bits per heavy atom. The molecule has 0 bridgehead atoms. The van der Waals surface area contributed by atoms with Crippen LogP contribution in [0, 0.1) is 11.8 Å². The largest absolute Gasteiger partial charge is 0.354 e. The van der Waals surface area contributed by atoms with Crippen LogP contribution in [0.25, 0.3) is 0 Å². The number of amides is 2. The van der Waals surface area contributed by atoms with Gasteiger partial charge in [-0.2, -0.15) is 0 Å². The summed E-state index contributed by atoms with van der Waals surface area (Å²) in [5, 5.41) is 5.59. The second-order valence-corrected chi connectivity index (χ2v) is 5.73. The molecular formula is C16H20N2O3. The Morgan fingerprint density at radius 1 is 1.05 bits per heavy atom. The quantitative estimate of drug-likeness (QED) is 0.814. The second kappa shape index (κ2) is 6.08. The third-order valence-corrected chi connectivity index (χ3v) is 3.45. The molecule has 5 nitrogen and oxygen atoms in total. The van der Waals surface area contributed by atoms with Crippen molar-refractivity contribution in [2.24, 2.45) is 11.8 Å². The number of benzene rings is 1. The van der Waals surface area contributed by atoms with Crippen molar-refractivity contribution in [1.29, 1.82) is 0 Å². The van der Waals surface area contributed by atoms with Gasteiger partial charge in [0.1, 0.15) is 0 Å². The molecule has 21 heavy (non-hydrogen) atoms. The van der Waals surface area contributed by atoms with Gasteiger partial charge in [-0.25, -0.2) is 0 Å². The van der Waals surface area contributed by atoms with Gasteiger partial charge in [-0.15, -0.1) is 0 Å². The maximum atomic E-state index is 12.0. The summed E-state index contributed by atoms with van der Waals surface area (Å²) in [6, 6.07) is 6.82. The van der Waals surface area contributed by atoms with E-state index in [1.165, 1.54) is 6.92 Å². The van der Waals surface area contributed by atoms with Gasteiger partial charge in [0, 0.05) is 17.3 Å². The Labute approximate surface area is 124 Å². The SMILES string of the molecule is CC(=O)c1ccc(NC(=O)C2CC2C(=O)NC(C)C)cc1. The second-order valence-electron chi connectivity index (χ2n) is 5.73. The van der Waals surface area contributed by atoms with Gasteiger partial charge >= 0.3 is 0 Å². The molecule has 112 valence electrons. The van der Waals surface area contributed by atoms with Crippen molar-refractivity contribution >= 4 is 23.3 Å². The Hall–Kier alpha value is -2.17. The van der Waals surface area contributed by atoms with Crippen LogP contribution in [-0.4, -0.2) is 23.6 Å². The standard InChI is InChI=1S/C16H20N2O3/c1-9(2)17-15(20)13-8-14(13)16(21)18-12-6-4-11(5-7-12)10(3)19/h4-7,9,13-14H,8H2,1-3H3,(H,17,20)(H,18,21). The van der Waals surface area contributed by atoms with Crippen LogP contribution in [0.5, 0.6) is 0 Å². The first-order valence-electron chi connectivity index (χ1n) is 7.10. The van der Waals surface area contributed by atoms with Crippen LogP contribution in [0.3, 0.4) is 0 Å². The van der Waals surface area contributed by atoms with Crippen molar-refractivity contribution in [3.8, 4) is 0 Å². The molecule has 5 heteroatoms. The van der Waals surface area contributed by atoms with E-state index in [9.17, 15) is 14.4 Å². The summed E-state index contributed by atoms with van der Waals surface area (Å²) in [5.41, 5.74) is 1.24. The van der Waals surface area contributed by atoms with Crippen LogP contribution in [0.2, 0.25) is 0 Å². The first-order valence-corrected chi connectivity index (χ1v) is 7.10. The molecule has 0 spiro atoms. The van der Waals surface area contributed by atoms with E-state index in [1.54, 1.807) is 24.3 Å². The van der Waals surface area contributed by atoms with Crippen LogP contribution in [-0.2, 0) is 9.59 Å². The third kappa shape index (κ3) is 3.90. The van der Waals surface area contributed by atoms with Crippen LogP contribution < -0.4 is 10.6 Å². The Kier molecular flexibility index (Phi) is 4.40. The lowest BCUT2D eigenvalue weighted by molar-refractivity contribution is -0.125. The van der Waals surface area contributed by atoms with E-state index in [-0.39, 0.29) is 35.5 Å². The number of Topliss-reactive ketones (excluding diaryl/α,β-unsaturated/α-hetero) is 1. The molecule has 2 rings (SSSR count). The number of hydrogen-bond donors (Lipinski definition) is 2. The number of carbonyl (C=O) groups is 3. The van der Waals surface area contributed by atoms with Gasteiger partial charge in [-0.1, -0.05) is 0 Å². The number of carbonyl (C=O) groups excluding carboxylic acids is 3. The summed E-state index contributed by atoms with van der Waals surface area (Å²) in [5.74, 6) is -0.688. The predicted molar refractivity (Wildman–Crippen MR) is 80.0 cm³/mol. The first-order chi connectivity index (χ1) is 9.88. The summed E-state index contributed by atoms with van der Waals surface area (Å²) >= 11 is 0. The molecule has 1 aliphatic rings. The smallest absolute Gasteiger partial charge is 0.228 e. The van der Waals surface area contributed by atoms with Gasteiger partial charge in [-0.3, -0.25) is 14.4 Å². The lowest BCUT2D eigenvalue weighted by Crippen LogP contribution is -2.32. The molecule has 2 N–H and O–H groups in total. The fourth-order valence-electron chi connectivity index (χ4n) is 2.19. The lowest BCUT2D eigenvalue weighted by Gasteiger charge is -2.08. The summed E-state index contributed by atoms with van der Waals surface area (Å²) in [6.07, 6.45) is 0.593.